The molecule has 8 nitrogen and oxygen atoms in total. The third-order valence-electron chi connectivity index (χ3n) is 5.89. The standard InChI is InChI=1S/C32H47N3O5/c1-22(2)19-27(35(9)30(38)40-32(6,7)8)29(37)33-26(28(36)34-31(3,4)5)20-23-15-17-25(18-16-23)39-21-24-13-11-10-12-14-24/h10-18,22,26-27H,19-21H2,1-9H3,(H,33,37)(H,34,36). The molecule has 0 saturated heterocycles. The third kappa shape index (κ3) is 11.7. The SMILES string of the molecule is CC(C)CC(C(=O)NC(Cc1ccc(OCc2ccccc2)cc1)C(=O)NC(C)(C)C)N(C)C(=O)OC(C)(C)C. The van der Waals surface area contributed by atoms with Gasteiger partial charge in [-0.3, -0.25) is 14.5 Å². The number of ether oxygens (including phenoxy) is 2. The van der Waals surface area contributed by atoms with Crippen molar-refractivity contribution in [3.05, 3.63) is 65.7 Å². The Morgan fingerprint density at radius 3 is 1.98 bits per heavy atom. The minimum Gasteiger partial charge on any atom is -0.489 e. The number of hydrogen-bond donors (Lipinski definition) is 2. The van der Waals surface area contributed by atoms with Crippen LogP contribution in [-0.2, 0) is 27.4 Å². The molecule has 3 amide bonds. The van der Waals surface area contributed by atoms with Gasteiger partial charge in [0.05, 0.1) is 0 Å². The Kier molecular flexibility index (Phi) is 11.6. The number of carbonyl (C=O) groups is 3. The molecule has 2 atom stereocenters. The smallest absolute Gasteiger partial charge is 0.410 e. The molecule has 0 aliphatic heterocycles. The van der Waals surface area contributed by atoms with Crippen molar-refractivity contribution in [1.29, 1.82) is 0 Å². The molecule has 0 spiro atoms. The molecule has 40 heavy (non-hydrogen) atoms. The van der Waals surface area contributed by atoms with Crippen molar-refractivity contribution < 1.29 is 23.9 Å². The summed E-state index contributed by atoms with van der Waals surface area (Å²) in [6.07, 6.45) is 0.106. The number of nitrogens with one attached hydrogen (secondary N) is 2. The van der Waals surface area contributed by atoms with E-state index in [1.807, 2.05) is 89.2 Å². The Bertz CT molecular complexity index is 1100. The first-order valence-corrected chi connectivity index (χ1v) is 13.9. The fourth-order valence-electron chi connectivity index (χ4n) is 3.98. The van der Waals surface area contributed by atoms with E-state index in [4.69, 9.17) is 9.47 Å². The summed E-state index contributed by atoms with van der Waals surface area (Å²) >= 11 is 0. The summed E-state index contributed by atoms with van der Waals surface area (Å²) in [5.74, 6) is 0.140. The molecule has 2 rings (SSSR count). The molecule has 0 radical (unpaired) electrons. The highest BCUT2D eigenvalue weighted by molar-refractivity contribution is 5.91. The van der Waals surface area contributed by atoms with Crippen LogP contribution in [0.25, 0.3) is 0 Å². The van der Waals surface area contributed by atoms with Gasteiger partial charge in [0.1, 0.15) is 30.0 Å². The lowest BCUT2D eigenvalue weighted by molar-refractivity contribution is -0.132. The lowest BCUT2D eigenvalue weighted by atomic mass is 9.99. The van der Waals surface area contributed by atoms with Crippen LogP contribution in [0.15, 0.2) is 54.6 Å². The molecule has 0 aromatic heterocycles. The predicted molar refractivity (Wildman–Crippen MR) is 158 cm³/mol. The average molecular weight is 554 g/mol. The van der Waals surface area contributed by atoms with Crippen LogP contribution in [0.4, 0.5) is 4.79 Å². The zero-order chi connectivity index (χ0) is 30.1. The van der Waals surface area contributed by atoms with Gasteiger partial charge < -0.3 is 20.1 Å². The Hall–Kier alpha value is -3.55. The number of amides is 3. The van der Waals surface area contributed by atoms with Gasteiger partial charge in [-0.1, -0.05) is 56.3 Å². The minimum atomic E-state index is -0.843. The highest BCUT2D eigenvalue weighted by Gasteiger charge is 2.34. The molecule has 220 valence electrons. The second-order valence-electron chi connectivity index (χ2n) is 12.7. The summed E-state index contributed by atoms with van der Waals surface area (Å²) in [5.41, 5.74) is 0.749. The summed E-state index contributed by atoms with van der Waals surface area (Å²) in [4.78, 5) is 41.0. The van der Waals surface area contributed by atoms with Crippen molar-refractivity contribution >= 4 is 17.9 Å². The molecular weight excluding hydrogens is 506 g/mol. The lowest BCUT2D eigenvalue weighted by Crippen LogP contribution is -2.57. The molecule has 2 aromatic carbocycles. The maximum atomic E-state index is 13.6. The molecule has 0 bridgehead atoms. The van der Waals surface area contributed by atoms with E-state index in [1.54, 1.807) is 27.8 Å². The normalized spacial score (nSPS) is 13.2. The van der Waals surface area contributed by atoms with Crippen LogP contribution >= 0.6 is 0 Å². The molecule has 0 saturated carbocycles. The Morgan fingerprint density at radius 2 is 1.45 bits per heavy atom. The van der Waals surface area contributed by atoms with Crippen LogP contribution < -0.4 is 15.4 Å². The van der Waals surface area contributed by atoms with Gasteiger partial charge in [-0.2, -0.15) is 0 Å². The van der Waals surface area contributed by atoms with Crippen LogP contribution in [0.3, 0.4) is 0 Å². The lowest BCUT2D eigenvalue weighted by Gasteiger charge is -2.32. The van der Waals surface area contributed by atoms with Crippen LogP contribution in [0.2, 0.25) is 0 Å². The molecule has 2 unspecified atom stereocenters. The van der Waals surface area contributed by atoms with Gasteiger partial charge in [0, 0.05) is 19.0 Å². The fraction of sp³-hybridized carbons (Fsp3) is 0.531. The number of likely N-dealkylation sites (N-methyl/N-ethyl adjacent to an activating group) is 1. The highest BCUT2D eigenvalue weighted by Crippen LogP contribution is 2.18. The molecule has 0 fully saturated rings. The quantitative estimate of drug-likeness (QED) is 0.384. The van der Waals surface area contributed by atoms with Crippen molar-refractivity contribution in [2.45, 2.75) is 98.1 Å². The van der Waals surface area contributed by atoms with Crippen molar-refractivity contribution in [1.82, 2.24) is 15.5 Å². The number of hydrogen-bond acceptors (Lipinski definition) is 5. The predicted octanol–water partition coefficient (Wildman–Crippen LogP) is 5.49. The third-order valence-corrected chi connectivity index (χ3v) is 5.89. The van der Waals surface area contributed by atoms with Crippen molar-refractivity contribution in [2.75, 3.05) is 7.05 Å². The second-order valence-corrected chi connectivity index (χ2v) is 12.7. The molecule has 0 aliphatic rings. The van der Waals surface area contributed by atoms with Crippen molar-refractivity contribution in [3.8, 4) is 5.75 Å². The first-order valence-electron chi connectivity index (χ1n) is 13.9. The minimum absolute atomic E-state index is 0.130. The zero-order valence-corrected chi connectivity index (χ0v) is 25.5. The van der Waals surface area contributed by atoms with Gasteiger partial charge in [-0.25, -0.2) is 4.79 Å². The summed E-state index contributed by atoms with van der Waals surface area (Å²) in [5, 5.41) is 5.90. The van der Waals surface area contributed by atoms with E-state index in [9.17, 15) is 14.4 Å². The van der Waals surface area contributed by atoms with Crippen LogP contribution in [-0.4, -0.2) is 53.1 Å². The topological polar surface area (TPSA) is 97.0 Å². The van der Waals surface area contributed by atoms with E-state index in [1.165, 1.54) is 4.90 Å². The Balaban J connectivity index is 2.20. The number of carbonyl (C=O) groups excluding carboxylic acids is 3. The molecule has 0 heterocycles. The monoisotopic (exact) mass is 553 g/mol. The van der Waals surface area contributed by atoms with Crippen LogP contribution in [0, 0.1) is 5.92 Å². The van der Waals surface area contributed by atoms with E-state index in [2.05, 4.69) is 10.6 Å². The van der Waals surface area contributed by atoms with E-state index in [0.29, 0.717) is 18.8 Å². The van der Waals surface area contributed by atoms with E-state index in [-0.39, 0.29) is 18.2 Å². The highest BCUT2D eigenvalue weighted by atomic mass is 16.6. The van der Waals surface area contributed by atoms with Gasteiger partial charge in [-0.05, 0) is 77.1 Å². The average Bonchev–Trinajstić information content (AvgIpc) is 2.84. The van der Waals surface area contributed by atoms with Gasteiger partial charge in [0.15, 0.2) is 0 Å². The van der Waals surface area contributed by atoms with Gasteiger partial charge in [-0.15, -0.1) is 0 Å². The number of benzene rings is 2. The van der Waals surface area contributed by atoms with Gasteiger partial charge >= 0.3 is 6.09 Å². The zero-order valence-electron chi connectivity index (χ0n) is 25.5. The molecule has 2 N–H and O–H groups in total. The molecule has 8 heteroatoms. The first kappa shape index (κ1) is 32.7. The number of nitrogens with zero attached hydrogens (tertiary/aromatic N) is 1. The largest absolute Gasteiger partial charge is 0.489 e. The Morgan fingerprint density at radius 1 is 0.850 bits per heavy atom. The number of rotatable bonds is 11. The second kappa shape index (κ2) is 14.2. The van der Waals surface area contributed by atoms with Crippen molar-refractivity contribution in [2.24, 2.45) is 5.92 Å². The van der Waals surface area contributed by atoms with E-state index < -0.39 is 35.2 Å². The van der Waals surface area contributed by atoms with Gasteiger partial charge in [0.25, 0.3) is 0 Å². The summed E-state index contributed by atoms with van der Waals surface area (Å²) in [6, 6.07) is 15.8. The first-order chi connectivity index (χ1) is 18.5. The molecular formula is C32H47N3O5. The van der Waals surface area contributed by atoms with E-state index in [0.717, 1.165) is 11.1 Å². The Labute approximate surface area is 239 Å². The van der Waals surface area contributed by atoms with Crippen LogP contribution in [0.5, 0.6) is 5.75 Å². The molecule has 2 aromatic rings. The van der Waals surface area contributed by atoms with Crippen LogP contribution in [0.1, 0.15) is 72.9 Å². The fourth-order valence-corrected chi connectivity index (χ4v) is 3.98. The maximum absolute atomic E-state index is 13.6. The van der Waals surface area contributed by atoms with E-state index >= 15 is 0 Å². The van der Waals surface area contributed by atoms with Crippen molar-refractivity contribution in [3.63, 3.8) is 0 Å². The van der Waals surface area contributed by atoms with Gasteiger partial charge in [0.2, 0.25) is 11.8 Å². The molecule has 0 aliphatic carbocycles. The summed E-state index contributed by atoms with van der Waals surface area (Å²) in [7, 11) is 1.55. The maximum Gasteiger partial charge on any atom is 0.410 e. The summed E-state index contributed by atoms with van der Waals surface area (Å²) in [6.45, 7) is 15.4. The summed E-state index contributed by atoms with van der Waals surface area (Å²) < 4.78 is 11.4.